The molecule has 1 unspecified atom stereocenters. The predicted octanol–water partition coefficient (Wildman–Crippen LogP) is 3.44. The monoisotopic (exact) mass is 434 g/mol. The van der Waals surface area contributed by atoms with Gasteiger partial charge in [-0.1, -0.05) is 18.2 Å². The molecule has 2 heterocycles. The summed E-state index contributed by atoms with van der Waals surface area (Å²) in [5.41, 5.74) is 3.76. The van der Waals surface area contributed by atoms with Crippen LogP contribution in [0.25, 0.3) is 5.70 Å². The van der Waals surface area contributed by atoms with E-state index in [1.807, 2.05) is 18.2 Å². The third-order valence-electron chi connectivity index (χ3n) is 6.09. The van der Waals surface area contributed by atoms with Crippen molar-refractivity contribution in [3.8, 4) is 5.75 Å². The molecule has 2 aliphatic heterocycles. The Labute approximate surface area is 188 Å². The molecule has 0 spiro atoms. The topological polar surface area (TPSA) is 78.9 Å². The Balaban J connectivity index is 1.56. The number of carbonyl (C=O) groups is 2. The van der Waals surface area contributed by atoms with E-state index in [0.29, 0.717) is 24.2 Å². The number of nitrogens with zero attached hydrogens (tertiary/aromatic N) is 1. The molecule has 4 rings (SSSR count). The summed E-state index contributed by atoms with van der Waals surface area (Å²) in [6, 6.07) is 12.7. The average Bonchev–Trinajstić information content (AvgIpc) is 2.77. The quantitative estimate of drug-likeness (QED) is 0.569. The lowest BCUT2D eigenvalue weighted by Crippen LogP contribution is -2.43. The lowest BCUT2D eigenvalue weighted by molar-refractivity contribution is 0.0473. The summed E-state index contributed by atoms with van der Waals surface area (Å²) in [7, 11) is 1.63. The maximum atomic E-state index is 13.0. The third-order valence-corrected chi connectivity index (χ3v) is 6.09. The number of likely N-dealkylation sites (tertiary alicyclic amines) is 1. The van der Waals surface area contributed by atoms with Crippen molar-refractivity contribution in [3.63, 3.8) is 0 Å². The molecule has 168 valence electrons. The van der Waals surface area contributed by atoms with Crippen LogP contribution in [0.1, 0.15) is 58.5 Å². The number of aliphatic hydroxyl groups excluding tert-OH is 1. The fourth-order valence-corrected chi connectivity index (χ4v) is 4.47. The number of amides is 1. The first-order valence-corrected chi connectivity index (χ1v) is 11.0. The van der Waals surface area contributed by atoms with E-state index >= 15 is 0 Å². The number of ketones is 1. The minimum Gasteiger partial charge on any atom is -0.497 e. The number of ether oxygens (including phenoxy) is 1. The Kier molecular flexibility index (Phi) is 6.07. The van der Waals surface area contributed by atoms with Crippen molar-refractivity contribution in [1.82, 2.24) is 10.2 Å². The van der Waals surface area contributed by atoms with Crippen molar-refractivity contribution in [2.45, 2.75) is 44.8 Å². The highest BCUT2D eigenvalue weighted by molar-refractivity contribution is 6.09. The van der Waals surface area contributed by atoms with Crippen LogP contribution in [0.5, 0.6) is 5.75 Å². The van der Waals surface area contributed by atoms with E-state index in [9.17, 15) is 14.7 Å². The van der Waals surface area contributed by atoms with Crippen LogP contribution in [-0.2, 0) is 6.42 Å². The van der Waals surface area contributed by atoms with Gasteiger partial charge in [-0.2, -0.15) is 0 Å². The molecule has 1 amide bonds. The molecule has 2 N–H and O–H groups in total. The van der Waals surface area contributed by atoms with Crippen molar-refractivity contribution in [2.75, 3.05) is 20.2 Å². The zero-order valence-corrected chi connectivity index (χ0v) is 18.9. The molecule has 0 radical (unpaired) electrons. The number of nitrogens with one attached hydrogen (secondary N) is 1. The van der Waals surface area contributed by atoms with Gasteiger partial charge in [-0.25, -0.2) is 0 Å². The zero-order chi connectivity index (χ0) is 22.9. The van der Waals surface area contributed by atoms with Crippen molar-refractivity contribution < 1.29 is 19.4 Å². The lowest BCUT2D eigenvalue weighted by atomic mass is 9.85. The Morgan fingerprint density at radius 3 is 2.56 bits per heavy atom. The molecule has 2 aromatic rings. The number of aliphatic hydroxyl groups is 1. The Morgan fingerprint density at radius 1 is 1.16 bits per heavy atom. The van der Waals surface area contributed by atoms with Gasteiger partial charge >= 0.3 is 0 Å². The first-order chi connectivity index (χ1) is 15.3. The van der Waals surface area contributed by atoms with Crippen molar-refractivity contribution in [1.29, 1.82) is 0 Å². The Hall–Kier alpha value is -3.12. The van der Waals surface area contributed by atoms with Crippen LogP contribution < -0.4 is 10.1 Å². The fourth-order valence-electron chi connectivity index (χ4n) is 4.47. The van der Waals surface area contributed by atoms with Gasteiger partial charge in [0.25, 0.3) is 5.91 Å². The van der Waals surface area contributed by atoms with Crippen LogP contribution in [0.3, 0.4) is 0 Å². The lowest BCUT2D eigenvalue weighted by Gasteiger charge is -2.35. The number of benzene rings is 2. The number of methoxy groups -OCH3 is 1. The largest absolute Gasteiger partial charge is 0.497 e. The Morgan fingerprint density at radius 2 is 1.88 bits per heavy atom. The van der Waals surface area contributed by atoms with Crippen molar-refractivity contribution in [3.05, 3.63) is 70.8 Å². The highest BCUT2D eigenvalue weighted by Crippen LogP contribution is 2.32. The summed E-state index contributed by atoms with van der Waals surface area (Å²) in [4.78, 5) is 27.4. The van der Waals surface area contributed by atoms with Crippen LogP contribution in [0, 0.1) is 0 Å². The van der Waals surface area contributed by atoms with Crippen LogP contribution in [0.2, 0.25) is 0 Å². The number of rotatable bonds is 4. The number of hydrogen-bond acceptors (Lipinski definition) is 5. The maximum absolute atomic E-state index is 13.0. The van der Waals surface area contributed by atoms with Crippen LogP contribution in [-0.4, -0.2) is 53.5 Å². The van der Waals surface area contributed by atoms with Gasteiger partial charge in [0.05, 0.1) is 13.2 Å². The molecule has 1 atom stereocenters. The molecule has 0 aromatic heterocycles. The molecule has 1 fully saturated rings. The third kappa shape index (κ3) is 4.70. The number of carbonyl (C=O) groups excluding carboxylic acids is 2. The summed E-state index contributed by atoms with van der Waals surface area (Å²) in [6.07, 6.45) is 3.53. The van der Waals surface area contributed by atoms with E-state index in [-0.39, 0.29) is 17.2 Å². The highest BCUT2D eigenvalue weighted by Gasteiger charge is 2.28. The second kappa shape index (κ2) is 8.79. The van der Waals surface area contributed by atoms with Gasteiger partial charge in [0.2, 0.25) is 0 Å². The first-order valence-electron chi connectivity index (χ1n) is 11.0. The van der Waals surface area contributed by atoms with E-state index in [1.165, 1.54) is 5.56 Å². The van der Waals surface area contributed by atoms with Gasteiger partial charge in [-0.05, 0) is 62.9 Å². The molecule has 2 aromatic carbocycles. The zero-order valence-electron chi connectivity index (χ0n) is 18.9. The van der Waals surface area contributed by atoms with Crippen molar-refractivity contribution >= 4 is 17.4 Å². The first kappa shape index (κ1) is 22.1. The number of allylic oxidation sites excluding steroid dienone is 1. The normalized spacial score (nSPS) is 20.9. The van der Waals surface area contributed by atoms with E-state index in [1.54, 1.807) is 42.4 Å². The van der Waals surface area contributed by atoms with Gasteiger partial charge < -0.3 is 20.1 Å². The summed E-state index contributed by atoms with van der Waals surface area (Å²) in [5, 5.41) is 13.3. The number of β-amino-alcohol motifs (C(OH)–C–C–N with tert-alkyl or cyclic N) is 1. The molecule has 0 aliphatic carbocycles. The number of hydrogen-bond donors (Lipinski definition) is 2. The molecule has 6 nitrogen and oxygen atoms in total. The Bertz CT molecular complexity index is 1060. The summed E-state index contributed by atoms with van der Waals surface area (Å²) in [6.45, 7) is 5.22. The average molecular weight is 435 g/mol. The molecule has 6 heteroatoms. The molecule has 0 saturated carbocycles. The summed E-state index contributed by atoms with van der Waals surface area (Å²) < 4.78 is 5.37. The highest BCUT2D eigenvalue weighted by atomic mass is 16.5. The van der Waals surface area contributed by atoms with Gasteiger partial charge in [-0.15, -0.1) is 0 Å². The maximum Gasteiger partial charge on any atom is 0.253 e. The molecule has 0 bridgehead atoms. The second-order valence-electron chi connectivity index (χ2n) is 9.26. The fraction of sp³-hybridized carbons (Fsp3) is 0.385. The van der Waals surface area contributed by atoms with Gasteiger partial charge in [0, 0.05) is 47.1 Å². The minimum atomic E-state index is -0.464. The van der Waals surface area contributed by atoms with Crippen LogP contribution in [0.4, 0.5) is 0 Å². The number of piperidine rings is 1. The van der Waals surface area contributed by atoms with E-state index in [2.05, 4.69) is 19.2 Å². The molecule has 32 heavy (non-hydrogen) atoms. The standard InChI is InChI=1S/C26H30N2O4/c1-26(2)15-19-10-11-21(32-3)13-22(19)23(27-26)14-24(30)17-6-8-18(9-7-17)25(31)28-12-4-5-20(29)16-28/h6-11,13-14,20,27,29H,4-5,12,15-16H2,1-3H3. The predicted molar refractivity (Wildman–Crippen MR) is 124 cm³/mol. The summed E-state index contributed by atoms with van der Waals surface area (Å²) in [5.74, 6) is 0.499. The van der Waals surface area contributed by atoms with Crippen LogP contribution >= 0.6 is 0 Å². The van der Waals surface area contributed by atoms with E-state index < -0.39 is 6.10 Å². The number of fused-ring (bicyclic) bond motifs is 1. The molecular formula is C26H30N2O4. The van der Waals surface area contributed by atoms with Crippen LogP contribution in [0.15, 0.2) is 48.5 Å². The van der Waals surface area contributed by atoms with Gasteiger partial charge in [0.15, 0.2) is 5.78 Å². The minimum absolute atomic E-state index is 0.113. The van der Waals surface area contributed by atoms with E-state index in [0.717, 1.165) is 36.3 Å². The van der Waals surface area contributed by atoms with Gasteiger partial charge in [-0.3, -0.25) is 9.59 Å². The molecular weight excluding hydrogens is 404 g/mol. The smallest absolute Gasteiger partial charge is 0.253 e. The van der Waals surface area contributed by atoms with E-state index in [4.69, 9.17) is 4.74 Å². The SMILES string of the molecule is COc1ccc2c(c1)C(=CC(=O)c1ccc(C(=O)N3CCCC(O)C3)cc1)NC(C)(C)C2. The summed E-state index contributed by atoms with van der Waals surface area (Å²) >= 11 is 0. The molecule has 1 saturated heterocycles. The second-order valence-corrected chi connectivity index (χ2v) is 9.26. The van der Waals surface area contributed by atoms with Gasteiger partial charge in [0.1, 0.15) is 5.75 Å². The molecule has 2 aliphatic rings. The van der Waals surface area contributed by atoms with Crippen molar-refractivity contribution in [2.24, 2.45) is 0 Å².